The zero-order valence-corrected chi connectivity index (χ0v) is 23.0. The summed E-state index contributed by atoms with van der Waals surface area (Å²) < 4.78 is 52.5. The van der Waals surface area contributed by atoms with Gasteiger partial charge >= 0.3 is 5.97 Å². The van der Waals surface area contributed by atoms with Gasteiger partial charge in [0.2, 0.25) is 10.0 Å². The largest absolute Gasteiger partial charge is 0.492 e. The minimum Gasteiger partial charge on any atom is -0.492 e. The lowest BCUT2D eigenvalue weighted by molar-refractivity contribution is -0.137. The van der Waals surface area contributed by atoms with Gasteiger partial charge in [-0.3, -0.25) is 4.79 Å². The number of ether oxygens (including phenoxy) is 2. The third-order valence-corrected chi connectivity index (χ3v) is 8.21. The number of rotatable bonds is 9. The van der Waals surface area contributed by atoms with Crippen molar-refractivity contribution < 1.29 is 32.2 Å². The molecule has 0 fully saturated rings. The highest BCUT2D eigenvalue weighted by Gasteiger charge is 2.32. The molecule has 9 heteroatoms. The van der Waals surface area contributed by atoms with Crippen LogP contribution in [0, 0.1) is 19.7 Å². The average molecular weight is 554 g/mol. The van der Waals surface area contributed by atoms with Gasteiger partial charge in [0.1, 0.15) is 23.4 Å². The van der Waals surface area contributed by atoms with E-state index in [-0.39, 0.29) is 18.2 Å². The van der Waals surface area contributed by atoms with E-state index in [4.69, 9.17) is 14.6 Å². The lowest BCUT2D eigenvalue weighted by Gasteiger charge is -2.19. The highest BCUT2D eigenvalue weighted by Crippen LogP contribution is 2.45. The molecule has 0 amide bonds. The SMILES string of the molecule is Cc1cc(CCNS(C)(=O)=O)cc(C)c1-c1ccc(F)c2c1CC[C@H]2Oc1ccc2c(c1)OC[C@H]2CC(=O)O. The van der Waals surface area contributed by atoms with E-state index in [0.717, 1.165) is 45.2 Å². The maximum absolute atomic E-state index is 15.2. The van der Waals surface area contributed by atoms with Crippen molar-refractivity contribution in [1.82, 2.24) is 4.72 Å². The lowest BCUT2D eigenvalue weighted by Crippen LogP contribution is -2.24. The van der Waals surface area contributed by atoms with Gasteiger partial charge in [-0.05, 0) is 78.6 Å². The molecule has 3 aromatic rings. The van der Waals surface area contributed by atoms with Crippen LogP contribution in [0.3, 0.4) is 0 Å². The van der Waals surface area contributed by atoms with E-state index in [1.54, 1.807) is 12.1 Å². The number of carboxylic acids is 1. The average Bonchev–Trinajstić information content (AvgIpc) is 3.44. The molecule has 1 aliphatic heterocycles. The van der Waals surface area contributed by atoms with E-state index < -0.39 is 22.1 Å². The van der Waals surface area contributed by atoms with Crippen LogP contribution in [-0.2, 0) is 27.7 Å². The van der Waals surface area contributed by atoms with Crippen LogP contribution in [0.4, 0.5) is 4.39 Å². The van der Waals surface area contributed by atoms with Gasteiger partial charge in [0.25, 0.3) is 0 Å². The maximum atomic E-state index is 15.2. The molecule has 0 unspecified atom stereocenters. The molecule has 0 saturated carbocycles. The number of carbonyl (C=O) groups is 1. The second-order valence-corrected chi connectivity index (χ2v) is 12.3. The highest BCUT2D eigenvalue weighted by atomic mass is 32.2. The summed E-state index contributed by atoms with van der Waals surface area (Å²) in [5, 5.41) is 9.14. The molecular formula is C30H32FNO6S. The summed E-state index contributed by atoms with van der Waals surface area (Å²) in [5.41, 5.74) is 7.54. The van der Waals surface area contributed by atoms with Crippen molar-refractivity contribution >= 4 is 16.0 Å². The molecule has 0 aromatic heterocycles. The molecular weight excluding hydrogens is 521 g/mol. The first kappa shape index (κ1) is 27.1. The number of carboxylic acid groups (broad SMARTS) is 1. The fourth-order valence-corrected chi connectivity index (χ4v) is 6.38. The fourth-order valence-electron chi connectivity index (χ4n) is 5.90. The minimum absolute atomic E-state index is 0.00847. The van der Waals surface area contributed by atoms with Crippen LogP contribution in [0.5, 0.6) is 11.5 Å². The number of sulfonamides is 1. The monoisotopic (exact) mass is 553 g/mol. The first-order valence-corrected chi connectivity index (χ1v) is 14.9. The normalized spacial score (nSPS) is 17.9. The summed E-state index contributed by atoms with van der Waals surface area (Å²) in [6.07, 6.45) is 2.60. The number of nitrogens with one attached hydrogen (secondary N) is 1. The molecule has 1 heterocycles. The Morgan fingerprint density at radius 3 is 2.59 bits per heavy atom. The molecule has 5 rings (SSSR count). The molecule has 2 N–H and O–H groups in total. The molecule has 2 aliphatic rings. The van der Waals surface area contributed by atoms with E-state index in [1.165, 1.54) is 6.07 Å². The Morgan fingerprint density at radius 2 is 1.90 bits per heavy atom. The Labute approximate surface area is 228 Å². The first-order chi connectivity index (χ1) is 18.5. The predicted molar refractivity (Wildman–Crippen MR) is 146 cm³/mol. The van der Waals surface area contributed by atoms with E-state index in [0.29, 0.717) is 49.5 Å². The van der Waals surface area contributed by atoms with Crippen LogP contribution in [0.15, 0.2) is 42.5 Å². The molecule has 39 heavy (non-hydrogen) atoms. The number of fused-ring (bicyclic) bond motifs is 2. The smallest absolute Gasteiger partial charge is 0.304 e. The number of hydrogen-bond donors (Lipinski definition) is 2. The van der Waals surface area contributed by atoms with Crippen molar-refractivity contribution in [3.63, 3.8) is 0 Å². The number of aryl methyl sites for hydroxylation is 2. The van der Waals surface area contributed by atoms with Crippen molar-refractivity contribution in [2.24, 2.45) is 0 Å². The second-order valence-electron chi connectivity index (χ2n) is 10.5. The Kier molecular flexibility index (Phi) is 7.39. The minimum atomic E-state index is -3.24. The summed E-state index contributed by atoms with van der Waals surface area (Å²) in [5.74, 6) is -0.174. The van der Waals surface area contributed by atoms with Crippen molar-refractivity contribution in [2.45, 2.75) is 51.6 Å². The Hall–Kier alpha value is -3.43. The molecule has 1 aliphatic carbocycles. The zero-order chi connectivity index (χ0) is 27.9. The Bertz CT molecular complexity index is 1530. The van der Waals surface area contributed by atoms with Gasteiger partial charge in [0, 0.05) is 29.7 Å². The van der Waals surface area contributed by atoms with Crippen LogP contribution in [0.2, 0.25) is 0 Å². The van der Waals surface area contributed by atoms with Gasteiger partial charge in [-0.2, -0.15) is 0 Å². The Balaban J connectivity index is 1.39. The number of benzene rings is 3. The molecule has 7 nitrogen and oxygen atoms in total. The van der Waals surface area contributed by atoms with Crippen LogP contribution in [0.25, 0.3) is 11.1 Å². The molecule has 0 bridgehead atoms. The van der Waals surface area contributed by atoms with Gasteiger partial charge in [0.05, 0.1) is 19.3 Å². The topological polar surface area (TPSA) is 102 Å². The fraction of sp³-hybridized carbons (Fsp3) is 0.367. The van der Waals surface area contributed by atoms with Crippen LogP contribution in [0.1, 0.15) is 58.2 Å². The maximum Gasteiger partial charge on any atom is 0.304 e. The van der Waals surface area contributed by atoms with Gasteiger partial charge in [-0.15, -0.1) is 0 Å². The molecule has 206 valence electrons. The van der Waals surface area contributed by atoms with Gasteiger partial charge < -0.3 is 14.6 Å². The second kappa shape index (κ2) is 10.6. The lowest BCUT2D eigenvalue weighted by atomic mass is 9.88. The van der Waals surface area contributed by atoms with Crippen molar-refractivity contribution in [3.05, 3.63) is 81.7 Å². The van der Waals surface area contributed by atoms with E-state index in [1.807, 2.05) is 26.0 Å². The van der Waals surface area contributed by atoms with Gasteiger partial charge in [-0.25, -0.2) is 17.5 Å². The third-order valence-electron chi connectivity index (χ3n) is 7.49. The quantitative estimate of drug-likeness (QED) is 0.377. The van der Waals surface area contributed by atoms with Crippen molar-refractivity contribution in [1.29, 1.82) is 0 Å². The summed E-state index contributed by atoms with van der Waals surface area (Å²) in [6.45, 7) is 4.70. The van der Waals surface area contributed by atoms with Crippen LogP contribution < -0.4 is 14.2 Å². The number of halogens is 1. The van der Waals surface area contributed by atoms with E-state index in [9.17, 15) is 13.2 Å². The van der Waals surface area contributed by atoms with Crippen LogP contribution >= 0.6 is 0 Å². The van der Waals surface area contributed by atoms with Gasteiger partial charge in [-0.1, -0.05) is 24.3 Å². The summed E-state index contributed by atoms with van der Waals surface area (Å²) in [4.78, 5) is 11.1. The summed E-state index contributed by atoms with van der Waals surface area (Å²) in [7, 11) is -3.24. The molecule has 2 atom stereocenters. The molecule has 3 aromatic carbocycles. The van der Waals surface area contributed by atoms with Gasteiger partial charge in [0.15, 0.2) is 0 Å². The number of hydrogen-bond acceptors (Lipinski definition) is 5. The highest BCUT2D eigenvalue weighted by molar-refractivity contribution is 7.88. The third kappa shape index (κ3) is 5.79. The van der Waals surface area contributed by atoms with Crippen LogP contribution in [-0.4, -0.2) is 38.9 Å². The zero-order valence-electron chi connectivity index (χ0n) is 22.2. The Morgan fingerprint density at radius 1 is 1.15 bits per heavy atom. The molecule has 0 spiro atoms. The predicted octanol–water partition coefficient (Wildman–Crippen LogP) is 5.22. The number of aliphatic carboxylic acids is 1. The standard InChI is InChI=1S/C30H32FNO6S/c1-17-12-19(10-11-32-39(3,35)36)13-18(2)29(17)23-6-8-25(31)30-24(23)7-9-26(30)38-21-4-5-22-20(14-28(33)34)16-37-27(22)15-21/h4-6,8,12-13,15,20,26,32H,7,9-11,14,16H2,1-3H3,(H,33,34)/t20-,26-/m1/s1. The van der Waals surface area contributed by atoms with Crippen molar-refractivity contribution in [2.75, 3.05) is 19.4 Å². The van der Waals surface area contributed by atoms with E-state index in [2.05, 4.69) is 16.9 Å². The molecule has 0 saturated heterocycles. The van der Waals surface area contributed by atoms with E-state index >= 15 is 4.39 Å². The first-order valence-electron chi connectivity index (χ1n) is 13.0. The van der Waals surface area contributed by atoms with Crippen molar-refractivity contribution in [3.8, 4) is 22.6 Å². The summed E-state index contributed by atoms with van der Waals surface area (Å²) >= 11 is 0. The molecule has 0 radical (unpaired) electrons. The summed E-state index contributed by atoms with van der Waals surface area (Å²) in [6, 6.07) is 12.9.